The largest absolute Gasteiger partial charge is 0.453 e. The average Bonchev–Trinajstić information content (AvgIpc) is 2.94. The van der Waals surface area contributed by atoms with Crippen molar-refractivity contribution in [2.45, 2.75) is 43.0 Å². The molecule has 9 heteroatoms. The van der Waals surface area contributed by atoms with E-state index in [9.17, 15) is 4.39 Å². The molecule has 37 heavy (non-hydrogen) atoms. The molecule has 0 radical (unpaired) electrons. The molecule has 0 bridgehead atoms. The van der Waals surface area contributed by atoms with Crippen molar-refractivity contribution in [2.75, 3.05) is 10.0 Å². The lowest BCUT2D eigenvalue weighted by Gasteiger charge is -2.22. The number of pyridine rings is 1. The van der Waals surface area contributed by atoms with E-state index in [-0.39, 0.29) is 5.75 Å². The van der Waals surface area contributed by atoms with E-state index < -0.39 is 5.82 Å². The Hall–Kier alpha value is -4.16. The number of rotatable bonds is 8. The lowest BCUT2D eigenvalue weighted by Crippen LogP contribution is -2.23. The molecule has 2 aromatic carbocycles. The Balaban J connectivity index is 1.29. The van der Waals surface area contributed by atoms with Gasteiger partial charge in [-0.05, 0) is 73.3 Å². The van der Waals surface area contributed by atoms with E-state index in [2.05, 4.69) is 31.1 Å². The Morgan fingerprint density at radius 1 is 0.973 bits per heavy atom. The molecule has 4 aromatic rings. The van der Waals surface area contributed by atoms with Gasteiger partial charge in [0.2, 0.25) is 5.95 Å². The fraction of sp³-hybridized carbons (Fsp3) is 0.214. The third-order valence-corrected chi connectivity index (χ3v) is 6.92. The lowest BCUT2D eigenvalue weighted by molar-refractivity contribution is 0.443. The maximum atomic E-state index is 15.0. The maximum absolute atomic E-state index is 15.0. The van der Waals surface area contributed by atoms with E-state index in [1.807, 2.05) is 12.1 Å². The van der Waals surface area contributed by atoms with E-state index in [1.54, 1.807) is 55.0 Å². The molecule has 2 aromatic heterocycles. The lowest BCUT2D eigenvalue weighted by atomic mass is 9.96. The van der Waals surface area contributed by atoms with Gasteiger partial charge in [-0.15, -0.1) is 0 Å². The normalized spacial score (nSPS) is 13.5. The molecule has 0 amide bonds. The van der Waals surface area contributed by atoms with Crippen LogP contribution in [0.2, 0.25) is 0 Å². The Morgan fingerprint density at radius 2 is 1.81 bits per heavy atom. The van der Waals surface area contributed by atoms with E-state index in [1.165, 1.54) is 37.3 Å². The second-order valence-corrected chi connectivity index (χ2v) is 9.58. The summed E-state index contributed by atoms with van der Waals surface area (Å²) >= 11 is 1.33. The third kappa shape index (κ3) is 6.35. The van der Waals surface area contributed by atoms with Gasteiger partial charge in [0.1, 0.15) is 5.75 Å². The highest BCUT2D eigenvalue weighted by molar-refractivity contribution is 8.00. The van der Waals surface area contributed by atoms with Gasteiger partial charge in [0.15, 0.2) is 11.6 Å². The summed E-state index contributed by atoms with van der Waals surface area (Å²) in [6.07, 6.45) is 10.9. The van der Waals surface area contributed by atoms with E-state index >= 15 is 0 Å². The summed E-state index contributed by atoms with van der Waals surface area (Å²) in [6.45, 7) is 0. The fourth-order valence-corrected chi connectivity index (χ4v) is 4.79. The van der Waals surface area contributed by atoms with Crippen molar-refractivity contribution >= 4 is 23.6 Å². The number of hydrogen-bond acceptors (Lipinski definition) is 8. The first-order valence-electron chi connectivity index (χ1n) is 12.1. The van der Waals surface area contributed by atoms with Crippen molar-refractivity contribution in [3.05, 3.63) is 84.6 Å². The number of anilines is 2. The summed E-state index contributed by atoms with van der Waals surface area (Å²) in [5, 5.41) is 12.4. The van der Waals surface area contributed by atoms with Gasteiger partial charge in [-0.3, -0.25) is 4.98 Å². The molecule has 1 aliphatic rings. The minimum absolute atomic E-state index is 0.0935. The highest BCUT2D eigenvalue weighted by Gasteiger charge is 2.16. The van der Waals surface area contributed by atoms with Crippen LogP contribution >= 0.6 is 11.9 Å². The Morgan fingerprint density at radius 3 is 2.59 bits per heavy atom. The molecule has 1 saturated carbocycles. The molecule has 1 fully saturated rings. The molecule has 0 saturated heterocycles. The van der Waals surface area contributed by atoms with Gasteiger partial charge in [-0.1, -0.05) is 19.3 Å². The fourth-order valence-electron chi connectivity index (χ4n) is 4.15. The summed E-state index contributed by atoms with van der Waals surface area (Å²) in [6, 6.07) is 17.8. The number of nitrogens with zero attached hydrogens (tertiary/aromatic N) is 4. The highest BCUT2D eigenvalue weighted by atomic mass is 32.2. The van der Waals surface area contributed by atoms with Crippen molar-refractivity contribution in [1.29, 1.82) is 5.26 Å². The highest BCUT2D eigenvalue weighted by Crippen LogP contribution is 2.34. The van der Waals surface area contributed by atoms with Crippen LogP contribution in [0.4, 0.5) is 16.0 Å². The van der Waals surface area contributed by atoms with Gasteiger partial charge in [-0.2, -0.15) is 5.26 Å². The summed E-state index contributed by atoms with van der Waals surface area (Å²) < 4.78 is 24.0. The van der Waals surface area contributed by atoms with Crippen molar-refractivity contribution in [3.63, 3.8) is 0 Å². The quantitative estimate of drug-likeness (QED) is 0.239. The first kappa shape index (κ1) is 24.5. The standard InChI is InChI=1S/C28H25FN6OS/c29-24-16-21(35-37-22-9-6-19(17-30)7-10-22)8-11-27(24)36-26-13-14-31-18-23(26)25-12-15-32-28(34-25)33-20-4-2-1-3-5-20/h6-16,18,20,35H,1-5H2,(H,32,33,34). The Bertz CT molecular complexity index is 1400. The van der Waals surface area contributed by atoms with Gasteiger partial charge in [0.25, 0.3) is 0 Å². The van der Waals surface area contributed by atoms with E-state index in [0.717, 1.165) is 17.7 Å². The monoisotopic (exact) mass is 512 g/mol. The van der Waals surface area contributed by atoms with Crippen LogP contribution in [0, 0.1) is 17.1 Å². The minimum Gasteiger partial charge on any atom is -0.453 e. The molecule has 1 aliphatic carbocycles. The van der Waals surface area contributed by atoms with Crippen LogP contribution in [0.5, 0.6) is 11.5 Å². The average molecular weight is 513 g/mol. The molecular formula is C28H25FN6OS. The molecule has 2 N–H and O–H groups in total. The summed E-state index contributed by atoms with van der Waals surface area (Å²) in [5.74, 6) is 0.607. The number of nitrogens with one attached hydrogen (secondary N) is 2. The first-order chi connectivity index (χ1) is 18.2. The summed E-state index contributed by atoms with van der Waals surface area (Å²) in [4.78, 5) is 14.2. The van der Waals surface area contributed by atoms with Crippen molar-refractivity contribution in [3.8, 4) is 28.8 Å². The molecule has 7 nitrogen and oxygen atoms in total. The van der Waals surface area contributed by atoms with Gasteiger partial charge in [-0.25, -0.2) is 14.4 Å². The van der Waals surface area contributed by atoms with E-state index in [4.69, 9.17) is 10.00 Å². The number of benzene rings is 2. The topological polar surface area (TPSA) is 95.8 Å². The van der Waals surface area contributed by atoms with Gasteiger partial charge < -0.3 is 14.8 Å². The van der Waals surface area contributed by atoms with Crippen molar-refractivity contribution < 1.29 is 9.13 Å². The van der Waals surface area contributed by atoms with Crippen molar-refractivity contribution in [1.82, 2.24) is 15.0 Å². The van der Waals surface area contributed by atoms with Crippen LogP contribution in [-0.2, 0) is 0 Å². The zero-order valence-electron chi connectivity index (χ0n) is 20.0. The van der Waals surface area contributed by atoms with Crippen LogP contribution in [0.3, 0.4) is 0 Å². The zero-order chi connectivity index (χ0) is 25.5. The second kappa shape index (κ2) is 11.7. The predicted octanol–water partition coefficient (Wildman–Crippen LogP) is 7.21. The zero-order valence-corrected chi connectivity index (χ0v) is 20.8. The SMILES string of the molecule is N#Cc1ccc(SNc2ccc(Oc3ccncc3-c3ccnc(NC4CCCCC4)n3)c(F)c2)cc1. The maximum Gasteiger partial charge on any atom is 0.223 e. The molecule has 0 spiro atoms. The summed E-state index contributed by atoms with van der Waals surface area (Å²) in [7, 11) is 0. The molecule has 186 valence electrons. The molecular weight excluding hydrogens is 487 g/mol. The first-order valence-corrected chi connectivity index (χ1v) is 12.9. The number of aromatic nitrogens is 3. The summed E-state index contributed by atoms with van der Waals surface area (Å²) in [5.41, 5.74) is 2.47. The van der Waals surface area contributed by atoms with E-state index in [0.29, 0.717) is 40.2 Å². The molecule has 5 rings (SSSR count). The molecule has 0 unspecified atom stereocenters. The third-order valence-electron chi connectivity index (χ3n) is 6.07. The second-order valence-electron chi connectivity index (χ2n) is 8.70. The Labute approximate surface area is 219 Å². The van der Waals surface area contributed by atoms with Gasteiger partial charge >= 0.3 is 0 Å². The number of hydrogen-bond donors (Lipinski definition) is 2. The predicted molar refractivity (Wildman–Crippen MR) is 143 cm³/mol. The van der Waals surface area contributed by atoms with Crippen LogP contribution in [-0.4, -0.2) is 21.0 Å². The molecule has 2 heterocycles. The minimum atomic E-state index is -0.504. The molecule has 0 aliphatic heterocycles. The van der Waals surface area contributed by atoms with Crippen molar-refractivity contribution in [2.24, 2.45) is 0 Å². The smallest absolute Gasteiger partial charge is 0.223 e. The molecule has 0 atom stereocenters. The van der Waals surface area contributed by atoms with Crippen LogP contribution in [0.25, 0.3) is 11.3 Å². The number of halogens is 1. The van der Waals surface area contributed by atoms with Crippen LogP contribution in [0.1, 0.15) is 37.7 Å². The van der Waals surface area contributed by atoms with Crippen LogP contribution < -0.4 is 14.8 Å². The Kier molecular flexibility index (Phi) is 7.77. The van der Waals surface area contributed by atoms with Gasteiger partial charge in [0.05, 0.1) is 22.9 Å². The van der Waals surface area contributed by atoms with Crippen LogP contribution in [0.15, 0.2) is 78.1 Å². The number of nitriles is 1. The van der Waals surface area contributed by atoms with Gasteiger partial charge in [0, 0.05) is 41.3 Å². The number of ether oxygens (including phenoxy) is 1.